The molecule has 0 amide bonds. The summed E-state index contributed by atoms with van der Waals surface area (Å²) in [5, 5.41) is 6.63. The molecular weight excluding hydrogens is 404 g/mol. The van der Waals surface area contributed by atoms with Crippen molar-refractivity contribution in [3.05, 3.63) is 57.3 Å². The third kappa shape index (κ3) is 8.55. The molecule has 1 heterocycles. The zero-order chi connectivity index (χ0) is 21.3. The molecule has 29 heavy (non-hydrogen) atoms. The van der Waals surface area contributed by atoms with Crippen LogP contribution in [0, 0.1) is 0 Å². The minimum Gasteiger partial charge on any atom is -0.357 e. The number of hydrogen-bond donors (Lipinski definition) is 3. The number of guanidine groups is 1. The lowest BCUT2D eigenvalue weighted by Crippen LogP contribution is -2.36. The van der Waals surface area contributed by atoms with Crippen molar-refractivity contribution in [2.75, 3.05) is 6.54 Å². The van der Waals surface area contributed by atoms with Gasteiger partial charge in [-0.3, -0.25) is 0 Å². The predicted molar refractivity (Wildman–Crippen MR) is 123 cm³/mol. The summed E-state index contributed by atoms with van der Waals surface area (Å²) in [5.41, 5.74) is 1.80. The molecule has 1 aromatic heterocycles. The molecule has 1 aromatic carbocycles. The molecule has 2 aromatic rings. The Morgan fingerprint density at radius 2 is 1.66 bits per heavy atom. The SMILES string of the molecule is CCNC(=NCc1ccc(CS(=O)(=O)NC(C)C)cc1)NCc1ccc(CC)s1. The smallest absolute Gasteiger partial charge is 0.216 e. The number of thiophene rings is 1. The van der Waals surface area contributed by atoms with Crippen LogP contribution in [0.25, 0.3) is 0 Å². The molecule has 6 nitrogen and oxygen atoms in total. The number of sulfonamides is 1. The summed E-state index contributed by atoms with van der Waals surface area (Å²) in [7, 11) is -3.31. The Morgan fingerprint density at radius 1 is 1.00 bits per heavy atom. The van der Waals surface area contributed by atoms with E-state index in [1.807, 2.05) is 56.4 Å². The summed E-state index contributed by atoms with van der Waals surface area (Å²) < 4.78 is 26.7. The molecule has 0 atom stereocenters. The molecule has 0 saturated carbocycles. The van der Waals surface area contributed by atoms with Gasteiger partial charge in [0.1, 0.15) is 0 Å². The molecule has 0 unspecified atom stereocenters. The van der Waals surface area contributed by atoms with Crippen molar-refractivity contribution in [1.82, 2.24) is 15.4 Å². The van der Waals surface area contributed by atoms with Crippen LogP contribution in [-0.4, -0.2) is 27.0 Å². The normalized spacial score (nSPS) is 12.4. The molecule has 0 saturated heterocycles. The Kier molecular flexibility index (Phi) is 9.13. The van der Waals surface area contributed by atoms with Crippen LogP contribution in [0.2, 0.25) is 0 Å². The van der Waals surface area contributed by atoms with Crippen molar-refractivity contribution in [2.45, 2.75) is 59.0 Å². The van der Waals surface area contributed by atoms with Crippen molar-refractivity contribution in [3.63, 3.8) is 0 Å². The van der Waals surface area contributed by atoms with Crippen LogP contribution in [-0.2, 0) is 35.3 Å². The first kappa shape index (κ1) is 23.4. The highest BCUT2D eigenvalue weighted by Crippen LogP contribution is 2.16. The molecule has 0 fully saturated rings. The maximum atomic E-state index is 12.0. The highest BCUT2D eigenvalue weighted by molar-refractivity contribution is 7.88. The van der Waals surface area contributed by atoms with E-state index in [4.69, 9.17) is 0 Å². The number of hydrogen-bond acceptors (Lipinski definition) is 4. The van der Waals surface area contributed by atoms with Crippen LogP contribution < -0.4 is 15.4 Å². The van der Waals surface area contributed by atoms with E-state index in [1.165, 1.54) is 9.75 Å². The topological polar surface area (TPSA) is 82.6 Å². The number of nitrogens with zero attached hydrogens (tertiary/aromatic N) is 1. The highest BCUT2D eigenvalue weighted by Gasteiger charge is 2.12. The lowest BCUT2D eigenvalue weighted by Gasteiger charge is -2.11. The summed E-state index contributed by atoms with van der Waals surface area (Å²) in [4.78, 5) is 7.31. The molecule has 3 N–H and O–H groups in total. The number of aliphatic imine (C=N–C) groups is 1. The van der Waals surface area contributed by atoms with Gasteiger partial charge in [0.25, 0.3) is 0 Å². The molecule has 8 heteroatoms. The zero-order valence-electron chi connectivity index (χ0n) is 17.7. The van der Waals surface area contributed by atoms with E-state index < -0.39 is 10.0 Å². The lowest BCUT2D eigenvalue weighted by molar-refractivity contribution is 0.569. The van der Waals surface area contributed by atoms with E-state index in [0.29, 0.717) is 6.54 Å². The van der Waals surface area contributed by atoms with Crippen LogP contribution in [0.3, 0.4) is 0 Å². The molecule has 160 valence electrons. The summed E-state index contributed by atoms with van der Waals surface area (Å²) in [6.45, 7) is 9.89. The fraction of sp³-hybridized carbons (Fsp3) is 0.476. The maximum Gasteiger partial charge on any atom is 0.216 e. The van der Waals surface area contributed by atoms with Crippen LogP contribution in [0.1, 0.15) is 48.6 Å². The first-order valence-corrected chi connectivity index (χ1v) is 12.5. The first-order valence-electron chi connectivity index (χ1n) is 9.99. The number of nitrogens with one attached hydrogen (secondary N) is 3. The van der Waals surface area contributed by atoms with Crippen molar-refractivity contribution in [3.8, 4) is 0 Å². The van der Waals surface area contributed by atoms with Gasteiger partial charge in [0.05, 0.1) is 18.8 Å². The molecule has 0 radical (unpaired) electrons. The second-order valence-corrected chi connectivity index (χ2v) is 10.1. The summed E-state index contributed by atoms with van der Waals surface area (Å²) >= 11 is 1.82. The van der Waals surface area contributed by atoms with Crippen LogP contribution in [0.5, 0.6) is 0 Å². The number of benzene rings is 1. The molecule has 0 aliphatic carbocycles. The summed E-state index contributed by atoms with van der Waals surface area (Å²) in [6, 6.07) is 11.8. The minimum atomic E-state index is -3.31. The van der Waals surface area contributed by atoms with E-state index in [2.05, 4.69) is 39.4 Å². The lowest BCUT2D eigenvalue weighted by atomic mass is 10.1. The van der Waals surface area contributed by atoms with Gasteiger partial charge in [-0.15, -0.1) is 11.3 Å². The van der Waals surface area contributed by atoms with Gasteiger partial charge in [0.2, 0.25) is 10.0 Å². The largest absolute Gasteiger partial charge is 0.357 e. The van der Waals surface area contributed by atoms with E-state index in [0.717, 1.165) is 36.6 Å². The van der Waals surface area contributed by atoms with Gasteiger partial charge in [-0.1, -0.05) is 31.2 Å². The third-order valence-electron chi connectivity index (χ3n) is 4.05. The molecule has 0 aliphatic heterocycles. The summed E-state index contributed by atoms with van der Waals surface area (Å²) in [5.74, 6) is 0.756. The van der Waals surface area contributed by atoms with Crippen LogP contribution in [0.4, 0.5) is 0 Å². The van der Waals surface area contributed by atoms with Crippen molar-refractivity contribution in [1.29, 1.82) is 0 Å². The standard InChI is InChI=1S/C21H32N4O2S2/c1-5-19-11-12-20(28-19)14-24-21(22-6-2)23-13-17-7-9-18(10-8-17)15-29(26,27)25-16(3)4/h7-12,16,25H,5-6,13-15H2,1-4H3,(H2,22,23,24). The molecule has 0 spiro atoms. The van der Waals surface area contributed by atoms with Crippen LogP contribution >= 0.6 is 11.3 Å². The van der Waals surface area contributed by atoms with E-state index in [9.17, 15) is 8.42 Å². The minimum absolute atomic E-state index is 0.0144. The van der Waals surface area contributed by atoms with Gasteiger partial charge in [0.15, 0.2) is 5.96 Å². The second-order valence-electron chi connectivity index (χ2n) is 7.12. The predicted octanol–water partition coefficient (Wildman–Crippen LogP) is 3.39. The van der Waals surface area contributed by atoms with Gasteiger partial charge >= 0.3 is 0 Å². The van der Waals surface area contributed by atoms with Gasteiger partial charge in [0, 0.05) is 22.3 Å². The van der Waals surface area contributed by atoms with Gasteiger partial charge in [-0.05, 0) is 50.5 Å². The fourth-order valence-electron chi connectivity index (χ4n) is 2.75. The molecule has 2 rings (SSSR count). The average Bonchev–Trinajstić information content (AvgIpc) is 3.12. The van der Waals surface area contributed by atoms with E-state index in [1.54, 1.807) is 0 Å². The average molecular weight is 437 g/mol. The monoisotopic (exact) mass is 436 g/mol. The Hall–Kier alpha value is -1.90. The van der Waals surface area contributed by atoms with Gasteiger partial charge in [-0.2, -0.15) is 0 Å². The van der Waals surface area contributed by atoms with Crippen molar-refractivity contribution < 1.29 is 8.42 Å². The summed E-state index contributed by atoms with van der Waals surface area (Å²) in [6.07, 6.45) is 1.06. The van der Waals surface area contributed by atoms with E-state index >= 15 is 0 Å². The van der Waals surface area contributed by atoms with Gasteiger partial charge < -0.3 is 10.6 Å². The van der Waals surface area contributed by atoms with Crippen molar-refractivity contribution in [2.24, 2.45) is 4.99 Å². The fourth-order valence-corrected chi connectivity index (χ4v) is 5.08. The maximum absolute atomic E-state index is 12.0. The Balaban J connectivity index is 1.94. The van der Waals surface area contributed by atoms with Crippen LogP contribution in [0.15, 0.2) is 41.4 Å². The van der Waals surface area contributed by atoms with Gasteiger partial charge in [-0.25, -0.2) is 18.1 Å². The molecule has 0 bridgehead atoms. The Morgan fingerprint density at radius 3 is 2.24 bits per heavy atom. The molecule has 0 aliphatic rings. The Bertz CT molecular complexity index is 888. The van der Waals surface area contributed by atoms with Crippen molar-refractivity contribution >= 4 is 27.3 Å². The van der Waals surface area contributed by atoms with E-state index in [-0.39, 0.29) is 11.8 Å². The second kappa shape index (κ2) is 11.3. The zero-order valence-corrected chi connectivity index (χ0v) is 19.3. The first-order chi connectivity index (χ1) is 13.8. The number of aryl methyl sites for hydroxylation is 1. The third-order valence-corrected chi connectivity index (χ3v) is 6.83. The molecular formula is C21H32N4O2S2. The Labute approximate surface area is 178 Å². The number of rotatable bonds is 10. The highest BCUT2D eigenvalue weighted by atomic mass is 32.2. The quantitative estimate of drug-likeness (QED) is 0.394.